The van der Waals surface area contributed by atoms with Crippen LogP contribution in [0.4, 0.5) is 0 Å². The lowest BCUT2D eigenvalue weighted by Crippen LogP contribution is -2.32. The number of rotatable bonds is 5. The summed E-state index contributed by atoms with van der Waals surface area (Å²) < 4.78 is 0. The second kappa shape index (κ2) is 6.80. The van der Waals surface area contributed by atoms with Crippen LogP contribution < -0.4 is 0 Å². The Hall–Kier alpha value is -0.760. The van der Waals surface area contributed by atoms with Gasteiger partial charge in [-0.05, 0) is 44.1 Å². The molecule has 0 aliphatic carbocycles. The van der Waals surface area contributed by atoms with Crippen LogP contribution in [0.1, 0.15) is 50.5 Å². The smallest absolute Gasteiger partial charge is 0.136 e. The summed E-state index contributed by atoms with van der Waals surface area (Å²) in [4.78, 5) is 12.4. The molecule has 0 spiro atoms. The summed E-state index contributed by atoms with van der Waals surface area (Å²) in [6.45, 7) is 0. The number of ketones is 1. The number of carbonyl (C=O) groups is 1. The Morgan fingerprint density at radius 3 is 2.50 bits per heavy atom. The van der Waals surface area contributed by atoms with Crippen molar-refractivity contribution < 1.29 is 4.79 Å². The minimum absolute atomic E-state index is 0.377. The molecule has 2 heterocycles. The standard InChI is InChI=1S/C18H24OS/c19-18(11-4-8-14-6-2-1-3-7-14)15-12-16-9-5-10-17(13-15)20-16/h1-3,6-7,15-17H,4-5,8-13H2. The van der Waals surface area contributed by atoms with Gasteiger partial charge in [-0.2, -0.15) is 11.8 Å². The van der Waals surface area contributed by atoms with Crippen molar-refractivity contribution in [3.63, 3.8) is 0 Å². The maximum absolute atomic E-state index is 12.4. The van der Waals surface area contributed by atoms with E-state index in [1.54, 1.807) is 0 Å². The van der Waals surface area contributed by atoms with Gasteiger partial charge in [-0.1, -0.05) is 36.8 Å². The Morgan fingerprint density at radius 2 is 1.80 bits per heavy atom. The highest BCUT2D eigenvalue weighted by molar-refractivity contribution is 8.00. The maximum Gasteiger partial charge on any atom is 0.136 e. The number of hydrogen-bond acceptors (Lipinski definition) is 2. The first-order valence-corrected chi connectivity index (χ1v) is 8.97. The van der Waals surface area contributed by atoms with E-state index in [1.807, 2.05) is 6.07 Å². The normalized spacial score (nSPS) is 29.1. The minimum Gasteiger partial charge on any atom is -0.299 e. The van der Waals surface area contributed by atoms with Gasteiger partial charge in [-0.25, -0.2) is 0 Å². The molecule has 2 aliphatic rings. The third kappa shape index (κ3) is 3.66. The van der Waals surface area contributed by atoms with Crippen LogP contribution in [0.2, 0.25) is 0 Å². The predicted molar refractivity (Wildman–Crippen MR) is 86.1 cm³/mol. The van der Waals surface area contributed by atoms with Crippen molar-refractivity contribution >= 4 is 17.5 Å². The van der Waals surface area contributed by atoms with Gasteiger partial charge >= 0.3 is 0 Å². The number of carbonyl (C=O) groups excluding carboxylic acids is 1. The van der Waals surface area contributed by atoms with Crippen LogP contribution in [0.3, 0.4) is 0 Å². The molecule has 2 bridgehead atoms. The Balaban J connectivity index is 1.45. The summed E-state index contributed by atoms with van der Waals surface area (Å²) in [5.74, 6) is 0.917. The molecule has 0 aromatic heterocycles. The third-order valence-corrected chi connectivity index (χ3v) is 6.34. The first-order valence-electron chi connectivity index (χ1n) is 8.03. The number of fused-ring (bicyclic) bond motifs is 2. The zero-order valence-corrected chi connectivity index (χ0v) is 12.9. The number of thioether (sulfide) groups is 1. The van der Waals surface area contributed by atoms with Crippen LogP contribution in [0, 0.1) is 5.92 Å². The topological polar surface area (TPSA) is 17.1 Å². The van der Waals surface area contributed by atoms with Crippen molar-refractivity contribution in [2.45, 2.75) is 61.9 Å². The molecule has 1 nitrogen and oxygen atoms in total. The van der Waals surface area contributed by atoms with Crippen molar-refractivity contribution in [2.24, 2.45) is 5.92 Å². The summed E-state index contributed by atoms with van der Waals surface area (Å²) in [6, 6.07) is 10.5. The quantitative estimate of drug-likeness (QED) is 0.785. The first-order chi connectivity index (χ1) is 9.81. The van der Waals surface area contributed by atoms with Crippen molar-refractivity contribution in [1.82, 2.24) is 0 Å². The Morgan fingerprint density at radius 1 is 1.10 bits per heavy atom. The van der Waals surface area contributed by atoms with Crippen molar-refractivity contribution in [1.29, 1.82) is 0 Å². The third-order valence-electron chi connectivity index (χ3n) is 4.72. The molecule has 1 aromatic rings. The molecule has 0 radical (unpaired) electrons. The molecule has 3 rings (SSSR count). The molecule has 0 N–H and O–H groups in total. The molecule has 2 atom stereocenters. The second-order valence-electron chi connectivity index (χ2n) is 6.28. The highest BCUT2D eigenvalue weighted by atomic mass is 32.2. The molecular formula is C18H24OS. The SMILES string of the molecule is O=C(CCCc1ccccc1)C1CC2CCCC(C1)S2. The van der Waals surface area contributed by atoms with Crippen molar-refractivity contribution in [3.8, 4) is 0 Å². The van der Waals surface area contributed by atoms with Crippen LogP contribution in [0.15, 0.2) is 30.3 Å². The monoisotopic (exact) mass is 288 g/mol. The Labute approximate surface area is 126 Å². The van der Waals surface area contributed by atoms with Crippen molar-refractivity contribution in [2.75, 3.05) is 0 Å². The number of hydrogen-bond donors (Lipinski definition) is 0. The highest BCUT2D eigenvalue weighted by Gasteiger charge is 2.35. The van der Waals surface area contributed by atoms with E-state index in [9.17, 15) is 4.79 Å². The van der Waals surface area contributed by atoms with Crippen LogP contribution in [-0.4, -0.2) is 16.3 Å². The summed E-state index contributed by atoms with van der Waals surface area (Å²) in [5, 5.41) is 1.57. The number of benzene rings is 1. The van der Waals surface area contributed by atoms with E-state index in [2.05, 4.69) is 36.0 Å². The average Bonchev–Trinajstić information content (AvgIpc) is 2.48. The summed E-state index contributed by atoms with van der Waals surface area (Å²) in [5.41, 5.74) is 1.36. The maximum atomic E-state index is 12.4. The van der Waals surface area contributed by atoms with Crippen LogP contribution in [0.25, 0.3) is 0 Å². The number of aryl methyl sites for hydroxylation is 1. The molecule has 2 saturated heterocycles. The average molecular weight is 288 g/mol. The van der Waals surface area contributed by atoms with E-state index in [0.717, 1.165) is 42.6 Å². The fourth-order valence-corrected chi connectivity index (χ4v) is 5.47. The molecule has 2 unspecified atom stereocenters. The first kappa shape index (κ1) is 14.2. The Bertz CT molecular complexity index is 430. The van der Waals surface area contributed by atoms with E-state index in [-0.39, 0.29) is 0 Å². The van der Waals surface area contributed by atoms with Gasteiger partial charge in [0.2, 0.25) is 0 Å². The van der Waals surface area contributed by atoms with Gasteiger partial charge < -0.3 is 0 Å². The van der Waals surface area contributed by atoms with Gasteiger partial charge in [0.25, 0.3) is 0 Å². The van der Waals surface area contributed by atoms with Gasteiger partial charge in [0.1, 0.15) is 5.78 Å². The molecular weight excluding hydrogens is 264 g/mol. The fraction of sp³-hybridized carbons (Fsp3) is 0.611. The molecule has 2 fully saturated rings. The lowest BCUT2D eigenvalue weighted by atomic mass is 9.85. The van der Waals surface area contributed by atoms with Crippen molar-refractivity contribution in [3.05, 3.63) is 35.9 Å². The van der Waals surface area contributed by atoms with Gasteiger partial charge in [-0.15, -0.1) is 0 Å². The lowest BCUT2D eigenvalue weighted by Gasteiger charge is -2.38. The van der Waals surface area contributed by atoms with E-state index >= 15 is 0 Å². The Kier molecular flexibility index (Phi) is 4.82. The molecule has 2 heteroatoms. The zero-order valence-electron chi connectivity index (χ0n) is 12.1. The molecule has 20 heavy (non-hydrogen) atoms. The van der Waals surface area contributed by atoms with E-state index in [4.69, 9.17) is 0 Å². The van der Waals surface area contributed by atoms with Crippen LogP contribution in [0.5, 0.6) is 0 Å². The van der Waals surface area contributed by atoms with E-state index in [1.165, 1.54) is 24.8 Å². The molecule has 0 amide bonds. The van der Waals surface area contributed by atoms with Gasteiger partial charge in [0, 0.05) is 22.8 Å². The second-order valence-corrected chi connectivity index (χ2v) is 7.89. The van der Waals surface area contributed by atoms with E-state index < -0.39 is 0 Å². The van der Waals surface area contributed by atoms with Crippen LogP contribution in [-0.2, 0) is 11.2 Å². The zero-order chi connectivity index (χ0) is 13.8. The predicted octanol–water partition coefficient (Wildman–Crippen LogP) is 4.64. The molecule has 0 saturated carbocycles. The fourth-order valence-electron chi connectivity index (χ4n) is 3.64. The largest absolute Gasteiger partial charge is 0.299 e. The van der Waals surface area contributed by atoms with E-state index in [0.29, 0.717) is 11.7 Å². The summed E-state index contributed by atoms with van der Waals surface area (Å²) >= 11 is 2.16. The summed E-state index contributed by atoms with van der Waals surface area (Å²) in [6.07, 6.45) is 9.23. The highest BCUT2D eigenvalue weighted by Crippen LogP contribution is 2.44. The minimum atomic E-state index is 0.377. The van der Waals surface area contributed by atoms with Gasteiger partial charge in [0.15, 0.2) is 0 Å². The summed E-state index contributed by atoms with van der Waals surface area (Å²) in [7, 11) is 0. The van der Waals surface area contributed by atoms with Gasteiger partial charge in [0.05, 0.1) is 0 Å². The molecule has 108 valence electrons. The molecule has 1 aromatic carbocycles. The molecule has 2 aliphatic heterocycles. The lowest BCUT2D eigenvalue weighted by molar-refractivity contribution is -0.123. The number of Topliss-reactive ketones (excluding diaryl/α,β-unsaturated/α-hetero) is 1. The van der Waals surface area contributed by atoms with Gasteiger partial charge in [-0.3, -0.25) is 4.79 Å². The van der Waals surface area contributed by atoms with Crippen LogP contribution >= 0.6 is 11.8 Å².